The number of aliphatic imine (C=N–C) groups is 1. The molecular weight excluding hydrogens is 180 g/mol. The van der Waals surface area contributed by atoms with E-state index in [2.05, 4.69) is 16.9 Å². The SMILES string of the molecule is CN1CC2CCC1C(N=C(N)NO)C2. The van der Waals surface area contributed by atoms with E-state index in [1.807, 2.05) is 5.48 Å². The van der Waals surface area contributed by atoms with Gasteiger partial charge in [-0.05, 0) is 32.2 Å². The molecule has 0 amide bonds. The molecule has 2 saturated heterocycles. The average Bonchev–Trinajstić information content (AvgIpc) is 2.18. The molecule has 1 saturated carbocycles. The van der Waals surface area contributed by atoms with Crippen molar-refractivity contribution in [3.05, 3.63) is 0 Å². The second-order valence-electron chi connectivity index (χ2n) is 4.38. The molecule has 0 spiro atoms. The molecule has 5 nitrogen and oxygen atoms in total. The third kappa shape index (κ3) is 1.69. The van der Waals surface area contributed by atoms with Gasteiger partial charge >= 0.3 is 0 Å². The molecule has 3 unspecified atom stereocenters. The van der Waals surface area contributed by atoms with Crippen LogP contribution in [-0.2, 0) is 0 Å². The highest BCUT2D eigenvalue weighted by molar-refractivity contribution is 5.76. The molecule has 2 aliphatic heterocycles. The highest BCUT2D eigenvalue weighted by atomic mass is 16.5. The number of nitrogens with two attached hydrogens (primary N) is 1. The number of nitrogens with one attached hydrogen (secondary N) is 1. The summed E-state index contributed by atoms with van der Waals surface area (Å²) in [6.07, 6.45) is 3.62. The van der Waals surface area contributed by atoms with Crippen LogP contribution in [0.4, 0.5) is 0 Å². The Morgan fingerprint density at radius 3 is 2.93 bits per heavy atom. The first kappa shape index (κ1) is 9.73. The van der Waals surface area contributed by atoms with Gasteiger partial charge in [0, 0.05) is 12.6 Å². The number of fused-ring (bicyclic) bond motifs is 3. The normalized spacial score (nSPS) is 38.7. The molecular formula is C9H18N4O. The summed E-state index contributed by atoms with van der Waals surface area (Å²) >= 11 is 0. The molecule has 3 rings (SSSR count). The zero-order valence-corrected chi connectivity index (χ0v) is 8.48. The van der Waals surface area contributed by atoms with Gasteiger partial charge in [0.05, 0.1) is 6.04 Å². The Morgan fingerprint density at radius 1 is 1.57 bits per heavy atom. The Kier molecular flexibility index (Phi) is 2.60. The summed E-state index contributed by atoms with van der Waals surface area (Å²) in [7, 11) is 2.14. The molecule has 1 aliphatic carbocycles. The molecule has 2 bridgehead atoms. The number of hydrogen-bond acceptors (Lipinski definition) is 3. The Bertz CT molecular complexity index is 243. The fourth-order valence-corrected chi connectivity index (χ4v) is 2.78. The monoisotopic (exact) mass is 198 g/mol. The number of likely N-dealkylation sites (N-methyl/N-ethyl adjacent to an activating group) is 1. The molecule has 14 heavy (non-hydrogen) atoms. The number of rotatable bonds is 1. The van der Waals surface area contributed by atoms with Gasteiger partial charge in [0.1, 0.15) is 0 Å². The van der Waals surface area contributed by atoms with Crippen LogP contribution in [0.1, 0.15) is 19.3 Å². The second-order valence-corrected chi connectivity index (χ2v) is 4.38. The van der Waals surface area contributed by atoms with Gasteiger partial charge in [-0.2, -0.15) is 0 Å². The van der Waals surface area contributed by atoms with Crippen LogP contribution in [0.3, 0.4) is 0 Å². The van der Waals surface area contributed by atoms with Gasteiger partial charge in [-0.15, -0.1) is 0 Å². The van der Waals surface area contributed by atoms with E-state index >= 15 is 0 Å². The average molecular weight is 198 g/mol. The number of hydrogen-bond donors (Lipinski definition) is 3. The van der Waals surface area contributed by atoms with E-state index in [0.717, 1.165) is 12.3 Å². The van der Waals surface area contributed by atoms with Crippen molar-refractivity contribution < 1.29 is 5.21 Å². The van der Waals surface area contributed by atoms with Gasteiger partial charge in [-0.1, -0.05) is 0 Å². The molecule has 3 fully saturated rings. The molecule has 5 heteroatoms. The van der Waals surface area contributed by atoms with E-state index < -0.39 is 0 Å². The predicted molar refractivity (Wildman–Crippen MR) is 54.1 cm³/mol. The van der Waals surface area contributed by atoms with E-state index in [1.54, 1.807) is 0 Å². The fourth-order valence-electron chi connectivity index (χ4n) is 2.78. The maximum absolute atomic E-state index is 8.58. The van der Waals surface area contributed by atoms with Crippen molar-refractivity contribution in [3.63, 3.8) is 0 Å². The lowest BCUT2D eigenvalue weighted by Crippen LogP contribution is -2.53. The van der Waals surface area contributed by atoms with Gasteiger partial charge in [0.25, 0.3) is 0 Å². The highest BCUT2D eigenvalue weighted by Gasteiger charge is 2.38. The molecule has 0 aromatic carbocycles. The van der Waals surface area contributed by atoms with Crippen molar-refractivity contribution in [1.82, 2.24) is 10.4 Å². The quantitative estimate of drug-likeness (QED) is 0.309. The van der Waals surface area contributed by atoms with E-state index in [0.29, 0.717) is 6.04 Å². The minimum absolute atomic E-state index is 0.135. The first-order valence-corrected chi connectivity index (χ1v) is 5.14. The Hall–Kier alpha value is -0.810. The molecule has 3 aliphatic rings. The largest absolute Gasteiger partial charge is 0.368 e. The van der Waals surface area contributed by atoms with E-state index in [1.165, 1.54) is 19.4 Å². The lowest BCUT2D eigenvalue weighted by Gasteiger charge is -2.47. The summed E-state index contributed by atoms with van der Waals surface area (Å²) in [4.78, 5) is 6.64. The lowest BCUT2D eigenvalue weighted by atomic mass is 9.77. The summed E-state index contributed by atoms with van der Waals surface area (Å²) in [6.45, 7) is 1.18. The van der Waals surface area contributed by atoms with Crippen molar-refractivity contribution >= 4 is 5.96 Å². The smallest absolute Gasteiger partial charge is 0.213 e. The van der Waals surface area contributed by atoms with Crippen molar-refractivity contribution in [3.8, 4) is 0 Å². The van der Waals surface area contributed by atoms with Gasteiger partial charge in [0.2, 0.25) is 5.96 Å². The lowest BCUT2D eigenvalue weighted by molar-refractivity contribution is 0.0544. The Morgan fingerprint density at radius 2 is 2.36 bits per heavy atom. The highest BCUT2D eigenvalue weighted by Crippen LogP contribution is 2.35. The number of hydroxylamine groups is 1. The van der Waals surface area contributed by atoms with Gasteiger partial charge < -0.3 is 10.6 Å². The minimum Gasteiger partial charge on any atom is -0.368 e. The molecule has 2 heterocycles. The number of piperidine rings is 2. The van der Waals surface area contributed by atoms with Crippen LogP contribution in [0.15, 0.2) is 4.99 Å². The van der Waals surface area contributed by atoms with E-state index in [9.17, 15) is 0 Å². The van der Waals surface area contributed by atoms with E-state index in [4.69, 9.17) is 10.9 Å². The van der Waals surface area contributed by atoms with Crippen LogP contribution < -0.4 is 11.2 Å². The summed E-state index contributed by atoms with van der Waals surface area (Å²) in [5, 5.41) is 8.58. The fraction of sp³-hybridized carbons (Fsp3) is 0.889. The van der Waals surface area contributed by atoms with Gasteiger partial charge in [-0.25, -0.2) is 10.5 Å². The van der Waals surface area contributed by atoms with Crippen LogP contribution in [0.5, 0.6) is 0 Å². The first-order chi connectivity index (χ1) is 6.70. The summed E-state index contributed by atoms with van der Waals surface area (Å²) in [5.74, 6) is 0.890. The van der Waals surface area contributed by atoms with Gasteiger partial charge in [-0.3, -0.25) is 5.21 Å². The molecule has 80 valence electrons. The number of nitrogens with zero attached hydrogens (tertiary/aromatic N) is 2. The van der Waals surface area contributed by atoms with Crippen molar-refractivity contribution in [2.75, 3.05) is 13.6 Å². The summed E-state index contributed by atoms with van der Waals surface area (Å²) in [6, 6.07) is 0.763. The Labute approximate surface area is 83.9 Å². The van der Waals surface area contributed by atoms with Crippen LogP contribution in [0, 0.1) is 5.92 Å². The zero-order valence-electron chi connectivity index (χ0n) is 8.48. The summed E-state index contributed by atoms with van der Waals surface area (Å²) in [5.41, 5.74) is 7.35. The molecule has 0 aromatic rings. The van der Waals surface area contributed by atoms with Crippen LogP contribution >= 0.6 is 0 Å². The van der Waals surface area contributed by atoms with Crippen LogP contribution in [0.2, 0.25) is 0 Å². The third-order valence-corrected chi connectivity index (χ3v) is 3.42. The standard InChI is InChI=1S/C9H18N4O/c1-13-5-6-2-3-8(13)7(4-6)11-9(10)12-14/h6-8,14H,2-5H2,1H3,(H3,10,11,12). The minimum atomic E-state index is 0.135. The maximum atomic E-state index is 8.58. The molecule has 3 atom stereocenters. The topological polar surface area (TPSA) is 73.9 Å². The summed E-state index contributed by atoms with van der Waals surface area (Å²) < 4.78 is 0. The second kappa shape index (κ2) is 3.74. The molecule has 4 N–H and O–H groups in total. The zero-order chi connectivity index (χ0) is 10.1. The molecule has 0 aromatic heterocycles. The Balaban J connectivity index is 2.07. The van der Waals surface area contributed by atoms with Crippen LogP contribution in [0.25, 0.3) is 0 Å². The predicted octanol–water partition coefficient (Wildman–Crippen LogP) is -0.237. The van der Waals surface area contributed by atoms with Crippen LogP contribution in [-0.4, -0.2) is 41.7 Å². The third-order valence-electron chi connectivity index (χ3n) is 3.42. The van der Waals surface area contributed by atoms with Crippen molar-refractivity contribution in [2.24, 2.45) is 16.6 Å². The first-order valence-electron chi connectivity index (χ1n) is 5.14. The van der Waals surface area contributed by atoms with Crippen molar-refractivity contribution in [1.29, 1.82) is 0 Å². The van der Waals surface area contributed by atoms with Gasteiger partial charge in [0.15, 0.2) is 0 Å². The number of guanidine groups is 1. The molecule has 0 radical (unpaired) electrons. The van der Waals surface area contributed by atoms with Crippen molar-refractivity contribution in [2.45, 2.75) is 31.3 Å². The maximum Gasteiger partial charge on any atom is 0.213 e. The van der Waals surface area contributed by atoms with E-state index in [-0.39, 0.29) is 12.0 Å².